The number of benzene rings is 1. The number of hydrogen-bond acceptors (Lipinski definition) is 5. The second-order valence-electron chi connectivity index (χ2n) is 10.3. The average Bonchev–Trinajstić information content (AvgIpc) is 3.30. The normalized spacial score (nSPS) is 14.5. The minimum Gasteiger partial charge on any atom is -0.361 e. The van der Waals surface area contributed by atoms with Crippen molar-refractivity contribution in [1.29, 1.82) is 0 Å². The number of H-pyrrole nitrogens is 1. The first-order chi connectivity index (χ1) is 17.7. The molecule has 2 aromatic heterocycles. The van der Waals surface area contributed by atoms with Crippen LogP contribution in [0.1, 0.15) is 48.3 Å². The van der Waals surface area contributed by atoms with E-state index in [1.165, 1.54) is 17.9 Å². The van der Waals surface area contributed by atoms with Gasteiger partial charge in [-0.25, -0.2) is 4.98 Å². The second kappa shape index (κ2) is 9.97. The van der Waals surface area contributed by atoms with Crippen LogP contribution in [0.4, 0.5) is 19.0 Å². The molecule has 1 aliphatic rings. The van der Waals surface area contributed by atoms with Crippen LogP contribution in [0.3, 0.4) is 0 Å². The molecule has 204 valence electrons. The smallest absolute Gasteiger partial charge is 0.361 e. The van der Waals surface area contributed by atoms with E-state index in [1.807, 2.05) is 26.8 Å². The van der Waals surface area contributed by atoms with Gasteiger partial charge in [-0.2, -0.15) is 18.3 Å². The molecule has 0 radical (unpaired) electrons. The van der Waals surface area contributed by atoms with Crippen LogP contribution in [-0.4, -0.2) is 61.8 Å². The zero-order chi connectivity index (χ0) is 28.0. The topological polar surface area (TPSA) is 108 Å². The number of nitrogens with zero attached hydrogens (tertiary/aromatic N) is 4. The summed E-state index contributed by atoms with van der Waals surface area (Å²) < 4.78 is 41.4. The summed E-state index contributed by atoms with van der Waals surface area (Å²) in [6.45, 7) is 9.98. The molecule has 0 spiro atoms. The first-order valence-electron chi connectivity index (χ1n) is 11.9. The maximum atomic E-state index is 13.5. The molecule has 38 heavy (non-hydrogen) atoms. The van der Waals surface area contributed by atoms with Gasteiger partial charge in [0.25, 0.3) is 5.91 Å². The Morgan fingerprint density at radius 1 is 1.26 bits per heavy atom. The van der Waals surface area contributed by atoms with E-state index in [0.717, 1.165) is 15.5 Å². The van der Waals surface area contributed by atoms with Crippen molar-refractivity contribution in [3.63, 3.8) is 0 Å². The summed E-state index contributed by atoms with van der Waals surface area (Å²) in [4.78, 5) is 30.4. The van der Waals surface area contributed by atoms with Gasteiger partial charge in [-0.15, -0.1) is 0 Å². The van der Waals surface area contributed by atoms with E-state index in [0.29, 0.717) is 16.4 Å². The lowest BCUT2D eigenvalue weighted by Gasteiger charge is -2.38. The molecule has 2 amide bonds. The standard InChI is InChI=1S/C25H29ClF3N7O2/c1-6-20(37)35-10-14(11-35)32-23(38)21-13(2)31-19(36(21)12-25(27,28)29)9-30-22-15-7-16(24(3,4)5)17(26)8-18(15)33-34-22/h6-8,14H,1,9-12H2,2-5H3,(H,32,38)(H2,30,33,34). The van der Waals surface area contributed by atoms with Gasteiger partial charge in [-0.3, -0.25) is 14.7 Å². The number of rotatable bonds is 7. The number of aromatic amines is 1. The Hall–Kier alpha value is -3.54. The van der Waals surface area contributed by atoms with E-state index in [-0.39, 0.29) is 54.2 Å². The molecule has 0 saturated carbocycles. The van der Waals surface area contributed by atoms with Crippen molar-refractivity contribution in [3.05, 3.63) is 52.6 Å². The van der Waals surface area contributed by atoms with Gasteiger partial charge < -0.3 is 20.1 Å². The Morgan fingerprint density at radius 2 is 1.95 bits per heavy atom. The minimum atomic E-state index is -4.59. The fourth-order valence-corrected chi connectivity index (χ4v) is 4.89. The lowest BCUT2D eigenvalue weighted by atomic mass is 9.86. The molecule has 1 aromatic carbocycles. The molecular weight excluding hydrogens is 523 g/mol. The number of fused-ring (bicyclic) bond motifs is 1. The van der Waals surface area contributed by atoms with Gasteiger partial charge in [0.2, 0.25) is 5.91 Å². The largest absolute Gasteiger partial charge is 0.406 e. The highest BCUT2D eigenvalue weighted by molar-refractivity contribution is 6.32. The summed E-state index contributed by atoms with van der Waals surface area (Å²) in [6, 6.07) is 3.28. The monoisotopic (exact) mass is 551 g/mol. The molecule has 1 fully saturated rings. The lowest BCUT2D eigenvalue weighted by Crippen LogP contribution is -2.60. The number of anilines is 1. The summed E-state index contributed by atoms with van der Waals surface area (Å²) >= 11 is 6.43. The van der Waals surface area contributed by atoms with E-state index >= 15 is 0 Å². The third-order valence-corrected chi connectivity index (χ3v) is 6.66. The van der Waals surface area contributed by atoms with Crippen molar-refractivity contribution < 1.29 is 22.8 Å². The number of hydrogen-bond donors (Lipinski definition) is 3. The molecule has 0 bridgehead atoms. The Bertz CT molecular complexity index is 1400. The highest BCUT2D eigenvalue weighted by Crippen LogP contribution is 2.35. The molecule has 1 saturated heterocycles. The summed E-state index contributed by atoms with van der Waals surface area (Å²) in [5, 5.41) is 14.2. The van der Waals surface area contributed by atoms with Crippen LogP contribution in [0.25, 0.3) is 10.9 Å². The fraction of sp³-hybridized carbons (Fsp3) is 0.440. The third kappa shape index (κ3) is 5.64. The molecule has 1 aliphatic heterocycles. The van der Waals surface area contributed by atoms with E-state index in [4.69, 9.17) is 11.6 Å². The Kier molecular flexibility index (Phi) is 7.21. The van der Waals surface area contributed by atoms with E-state index in [2.05, 4.69) is 32.4 Å². The quantitative estimate of drug-likeness (QED) is 0.379. The molecule has 9 nitrogen and oxygen atoms in total. The van der Waals surface area contributed by atoms with Gasteiger partial charge in [0.15, 0.2) is 5.82 Å². The molecule has 0 unspecified atom stereocenters. The summed E-state index contributed by atoms with van der Waals surface area (Å²) in [5.41, 5.74) is 1.31. The van der Waals surface area contributed by atoms with Crippen LogP contribution >= 0.6 is 11.6 Å². The van der Waals surface area contributed by atoms with Gasteiger partial charge in [0, 0.05) is 23.5 Å². The molecule has 3 aromatic rings. The number of imidazole rings is 1. The van der Waals surface area contributed by atoms with Crippen molar-refractivity contribution in [3.8, 4) is 0 Å². The highest BCUT2D eigenvalue weighted by Gasteiger charge is 2.35. The van der Waals surface area contributed by atoms with Crippen molar-refractivity contribution in [2.24, 2.45) is 0 Å². The minimum absolute atomic E-state index is 0.0307. The summed E-state index contributed by atoms with van der Waals surface area (Å²) in [7, 11) is 0. The van der Waals surface area contributed by atoms with E-state index < -0.39 is 18.6 Å². The van der Waals surface area contributed by atoms with E-state index in [9.17, 15) is 22.8 Å². The van der Waals surface area contributed by atoms with Crippen LogP contribution in [0.15, 0.2) is 24.8 Å². The van der Waals surface area contributed by atoms with Crippen LogP contribution in [0.5, 0.6) is 0 Å². The maximum absolute atomic E-state index is 13.5. The predicted octanol–water partition coefficient (Wildman–Crippen LogP) is 4.32. The summed E-state index contributed by atoms with van der Waals surface area (Å²) in [5.74, 6) is -0.502. The van der Waals surface area contributed by atoms with Gasteiger partial charge in [0.05, 0.1) is 23.8 Å². The Morgan fingerprint density at radius 3 is 2.55 bits per heavy atom. The summed E-state index contributed by atoms with van der Waals surface area (Å²) in [6.07, 6.45) is -3.42. The number of nitrogens with one attached hydrogen (secondary N) is 3. The molecular formula is C25H29ClF3N7O2. The van der Waals surface area contributed by atoms with Crippen molar-refractivity contribution in [2.45, 2.75) is 58.4 Å². The maximum Gasteiger partial charge on any atom is 0.406 e. The van der Waals surface area contributed by atoms with Crippen LogP contribution in [0, 0.1) is 6.92 Å². The number of aryl methyl sites for hydroxylation is 1. The van der Waals surface area contributed by atoms with Crippen molar-refractivity contribution >= 4 is 40.1 Å². The molecule has 3 N–H and O–H groups in total. The number of halogens is 4. The first kappa shape index (κ1) is 27.5. The number of carbonyl (C=O) groups is 2. The number of amides is 2. The zero-order valence-corrected chi connectivity index (χ0v) is 22.2. The lowest BCUT2D eigenvalue weighted by molar-refractivity contribution is -0.141. The first-order valence-corrected chi connectivity index (χ1v) is 12.3. The Balaban J connectivity index is 1.58. The second-order valence-corrected chi connectivity index (χ2v) is 10.7. The zero-order valence-electron chi connectivity index (χ0n) is 21.5. The highest BCUT2D eigenvalue weighted by atomic mass is 35.5. The fourth-order valence-electron chi connectivity index (χ4n) is 4.45. The van der Waals surface area contributed by atoms with Gasteiger partial charge in [-0.1, -0.05) is 39.0 Å². The van der Waals surface area contributed by atoms with Crippen LogP contribution < -0.4 is 10.6 Å². The molecule has 4 rings (SSSR count). The SMILES string of the molecule is C=CC(=O)N1CC(NC(=O)c2c(C)nc(CNc3n[nH]c4cc(Cl)c(C(C)(C)C)cc34)n2CC(F)(F)F)C1. The number of carbonyl (C=O) groups excluding carboxylic acids is 2. The Labute approximate surface area is 222 Å². The number of likely N-dealkylation sites (tertiary alicyclic amines) is 1. The average molecular weight is 552 g/mol. The molecule has 13 heteroatoms. The molecule has 0 aliphatic carbocycles. The predicted molar refractivity (Wildman–Crippen MR) is 138 cm³/mol. The molecule has 3 heterocycles. The third-order valence-electron chi connectivity index (χ3n) is 6.35. The van der Waals surface area contributed by atoms with Gasteiger partial charge >= 0.3 is 6.18 Å². The van der Waals surface area contributed by atoms with Crippen LogP contribution in [-0.2, 0) is 23.3 Å². The molecule has 0 atom stereocenters. The number of aromatic nitrogens is 4. The van der Waals surface area contributed by atoms with Crippen molar-refractivity contribution in [2.75, 3.05) is 18.4 Å². The van der Waals surface area contributed by atoms with Crippen molar-refractivity contribution in [1.82, 2.24) is 30.0 Å². The van der Waals surface area contributed by atoms with Gasteiger partial charge in [-0.05, 0) is 36.1 Å². The van der Waals surface area contributed by atoms with E-state index in [1.54, 1.807) is 6.07 Å². The van der Waals surface area contributed by atoms with Gasteiger partial charge in [0.1, 0.15) is 18.1 Å². The van der Waals surface area contributed by atoms with Crippen LogP contribution in [0.2, 0.25) is 5.02 Å². The number of alkyl halides is 3.